The predicted molar refractivity (Wildman–Crippen MR) is 49.4 cm³/mol. The van der Waals surface area contributed by atoms with E-state index in [1.54, 1.807) is 21.7 Å². The Hall–Kier alpha value is -1.30. The van der Waals surface area contributed by atoms with E-state index in [9.17, 15) is 0 Å². The van der Waals surface area contributed by atoms with Crippen LogP contribution in [0.15, 0.2) is 16.0 Å². The third-order valence-electron chi connectivity index (χ3n) is 1.41. The first-order valence-electron chi connectivity index (χ1n) is 3.35. The van der Waals surface area contributed by atoms with E-state index in [1.165, 1.54) is 0 Å². The maximum Gasteiger partial charge on any atom is 0.213 e. The van der Waals surface area contributed by atoms with Crippen LogP contribution in [0.1, 0.15) is 5.69 Å². The topological polar surface area (TPSA) is 80.5 Å². The first-order chi connectivity index (χ1) is 5.74. The molecule has 4 N–H and O–H groups in total. The quantitative estimate of drug-likeness (QED) is 0.288. The second kappa shape index (κ2) is 3.91. The second-order valence-electron chi connectivity index (χ2n) is 2.32. The maximum absolute atomic E-state index is 5.46. The highest BCUT2D eigenvalue weighted by Crippen LogP contribution is 2.03. The lowest BCUT2D eigenvalue weighted by Crippen LogP contribution is -2.34. The summed E-state index contributed by atoms with van der Waals surface area (Å²) in [6.07, 6.45) is 0. The summed E-state index contributed by atoms with van der Waals surface area (Å²) in [5.74, 6) is 5.31. The van der Waals surface area contributed by atoms with Crippen molar-refractivity contribution in [2.45, 2.75) is 6.54 Å². The fraction of sp³-hybridized carbons (Fsp3) is 0.333. The highest BCUT2D eigenvalue weighted by atomic mass is 32.1. The molecule has 0 saturated carbocycles. The van der Waals surface area contributed by atoms with Crippen LogP contribution in [0.3, 0.4) is 0 Å². The van der Waals surface area contributed by atoms with Crippen molar-refractivity contribution in [2.24, 2.45) is 16.7 Å². The second-order valence-corrected chi connectivity index (χ2v) is 3.04. The molecule has 0 unspecified atom stereocenters. The monoisotopic (exact) mass is 185 g/mol. The van der Waals surface area contributed by atoms with Crippen molar-refractivity contribution in [3.63, 3.8) is 0 Å². The minimum absolute atomic E-state index is 0.308. The SMILES string of the molecule is CN(Cc1cscn1)C(N)=NN. The van der Waals surface area contributed by atoms with E-state index in [4.69, 9.17) is 11.6 Å². The van der Waals surface area contributed by atoms with Crippen LogP contribution < -0.4 is 11.6 Å². The summed E-state index contributed by atoms with van der Waals surface area (Å²) in [7, 11) is 1.81. The molecule has 0 bridgehead atoms. The van der Waals surface area contributed by atoms with Crippen LogP contribution in [0.2, 0.25) is 0 Å². The summed E-state index contributed by atoms with van der Waals surface area (Å²) in [6.45, 7) is 0.635. The van der Waals surface area contributed by atoms with Gasteiger partial charge in [-0.15, -0.1) is 16.4 Å². The summed E-state index contributed by atoms with van der Waals surface area (Å²) in [5, 5.41) is 5.32. The predicted octanol–water partition coefficient (Wildman–Crippen LogP) is -0.237. The van der Waals surface area contributed by atoms with Gasteiger partial charge in [0.05, 0.1) is 17.7 Å². The van der Waals surface area contributed by atoms with Gasteiger partial charge < -0.3 is 16.5 Å². The fourth-order valence-corrected chi connectivity index (χ4v) is 1.29. The zero-order valence-corrected chi connectivity index (χ0v) is 7.58. The molecule has 0 aliphatic rings. The number of hydrazone groups is 1. The van der Waals surface area contributed by atoms with Crippen molar-refractivity contribution in [1.29, 1.82) is 0 Å². The molecule has 0 spiro atoms. The van der Waals surface area contributed by atoms with E-state index in [0.29, 0.717) is 12.5 Å². The smallest absolute Gasteiger partial charge is 0.213 e. The lowest BCUT2D eigenvalue weighted by Gasteiger charge is -2.14. The third kappa shape index (κ3) is 2.09. The number of nitrogens with zero attached hydrogens (tertiary/aromatic N) is 3. The number of hydrogen-bond acceptors (Lipinski definition) is 4. The van der Waals surface area contributed by atoms with Crippen molar-refractivity contribution >= 4 is 17.3 Å². The van der Waals surface area contributed by atoms with Crippen molar-refractivity contribution in [3.05, 3.63) is 16.6 Å². The van der Waals surface area contributed by atoms with Crippen molar-refractivity contribution in [3.8, 4) is 0 Å². The van der Waals surface area contributed by atoms with Gasteiger partial charge in [0.15, 0.2) is 0 Å². The number of rotatable bonds is 2. The first-order valence-corrected chi connectivity index (χ1v) is 4.30. The fourth-order valence-electron chi connectivity index (χ4n) is 0.738. The molecule has 66 valence electrons. The molecule has 0 saturated heterocycles. The van der Waals surface area contributed by atoms with Gasteiger partial charge in [-0.3, -0.25) is 0 Å². The summed E-state index contributed by atoms with van der Waals surface area (Å²) in [5.41, 5.74) is 8.20. The van der Waals surface area contributed by atoms with Gasteiger partial charge in [-0.2, -0.15) is 0 Å². The molecule has 0 aliphatic carbocycles. The van der Waals surface area contributed by atoms with Gasteiger partial charge in [0.1, 0.15) is 0 Å². The first kappa shape index (κ1) is 8.79. The van der Waals surface area contributed by atoms with Crippen LogP contribution >= 0.6 is 11.3 Å². The van der Waals surface area contributed by atoms with E-state index in [2.05, 4.69) is 10.1 Å². The van der Waals surface area contributed by atoms with Crippen LogP contribution in [-0.4, -0.2) is 22.9 Å². The zero-order chi connectivity index (χ0) is 8.97. The molecular formula is C6H11N5S. The molecule has 1 heterocycles. The Bertz CT molecular complexity index is 255. The van der Waals surface area contributed by atoms with Gasteiger partial charge in [-0.25, -0.2) is 4.98 Å². The molecule has 0 amide bonds. The highest BCUT2D eigenvalue weighted by Gasteiger charge is 2.03. The van der Waals surface area contributed by atoms with Crippen molar-refractivity contribution in [1.82, 2.24) is 9.88 Å². The van der Waals surface area contributed by atoms with E-state index in [1.807, 2.05) is 12.4 Å². The number of guanidine groups is 1. The maximum atomic E-state index is 5.46. The summed E-state index contributed by atoms with van der Waals surface area (Å²) in [4.78, 5) is 5.83. The van der Waals surface area contributed by atoms with E-state index < -0.39 is 0 Å². The average molecular weight is 185 g/mol. The van der Waals surface area contributed by atoms with Crippen LogP contribution in [0.4, 0.5) is 0 Å². The molecule has 0 aromatic carbocycles. The van der Waals surface area contributed by atoms with Gasteiger partial charge in [-0.1, -0.05) is 0 Å². The average Bonchev–Trinajstić information content (AvgIpc) is 2.55. The molecule has 0 fully saturated rings. The standard InChI is InChI=1S/C6H11N5S/c1-11(6(7)10-8)2-5-3-12-4-9-5/h3-4H,2,8H2,1H3,(H2,7,10). The molecule has 0 radical (unpaired) electrons. The minimum Gasteiger partial charge on any atom is -0.368 e. The van der Waals surface area contributed by atoms with Crippen LogP contribution in [0.5, 0.6) is 0 Å². The van der Waals surface area contributed by atoms with E-state index in [-0.39, 0.29) is 0 Å². The summed E-state index contributed by atoms with van der Waals surface area (Å²) < 4.78 is 0. The zero-order valence-electron chi connectivity index (χ0n) is 6.77. The minimum atomic E-state index is 0.308. The molecule has 5 nitrogen and oxygen atoms in total. The normalized spacial score (nSPS) is 11.6. The van der Waals surface area contributed by atoms with Crippen LogP contribution in [0.25, 0.3) is 0 Å². The lowest BCUT2D eigenvalue weighted by atomic mass is 10.4. The number of nitrogens with two attached hydrogens (primary N) is 2. The Kier molecular flexibility index (Phi) is 2.87. The van der Waals surface area contributed by atoms with Crippen LogP contribution in [0, 0.1) is 0 Å². The van der Waals surface area contributed by atoms with Crippen LogP contribution in [-0.2, 0) is 6.54 Å². The Morgan fingerprint density at radius 1 is 1.83 bits per heavy atom. The molecule has 0 aliphatic heterocycles. The molecular weight excluding hydrogens is 174 g/mol. The Labute approximate surface area is 74.7 Å². The van der Waals surface area contributed by atoms with Gasteiger partial charge in [-0.05, 0) is 0 Å². The van der Waals surface area contributed by atoms with Crippen molar-refractivity contribution < 1.29 is 0 Å². The third-order valence-corrected chi connectivity index (χ3v) is 2.04. The molecule has 1 rings (SSSR count). The number of thiazole rings is 1. The molecule has 12 heavy (non-hydrogen) atoms. The van der Waals surface area contributed by atoms with Gasteiger partial charge in [0.25, 0.3) is 0 Å². The lowest BCUT2D eigenvalue weighted by molar-refractivity contribution is 0.486. The molecule has 6 heteroatoms. The number of aromatic nitrogens is 1. The Morgan fingerprint density at radius 2 is 2.58 bits per heavy atom. The Morgan fingerprint density at radius 3 is 3.08 bits per heavy atom. The van der Waals surface area contributed by atoms with Crippen molar-refractivity contribution in [2.75, 3.05) is 7.05 Å². The molecule has 0 atom stereocenters. The van der Waals surface area contributed by atoms with Gasteiger partial charge in [0.2, 0.25) is 5.96 Å². The van der Waals surface area contributed by atoms with E-state index >= 15 is 0 Å². The van der Waals surface area contributed by atoms with Gasteiger partial charge >= 0.3 is 0 Å². The van der Waals surface area contributed by atoms with Gasteiger partial charge in [0, 0.05) is 12.4 Å². The largest absolute Gasteiger partial charge is 0.368 e. The van der Waals surface area contributed by atoms with E-state index in [0.717, 1.165) is 5.69 Å². The summed E-state index contributed by atoms with van der Waals surface area (Å²) in [6, 6.07) is 0. The number of hydrogen-bond donors (Lipinski definition) is 2. The molecule has 1 aromatic heterocycles. The summed E-state index contributed by atoms with van der Waals surface area (Å²) >= 11 is 1.55. The highest BCUT2D eigenvalue weighted by molar-refractivity contribution is 7.07. The Balaban J connectivity index is 2.53. The molecule has 1 aromatic rings.